The Bertz CT molecular complexity index is 1750. The van der Waals surface area contributed by atoms with Gasteiger partial charge < -0.3 is 5.32 Å². The van der Waals surface area contributed by atoms with Gasteiger partial charge in [0.15, 0.2) is 0 Å². The second-order valence-electron chi connectivity index (χ2n) is 8.26. The number of benzene rings is 4. The van der Waals surface area contributed by atoms with Crippen LogP contribution in [0.1, 0.15) is 0 Å². The highest BCUT2D eigenvalue weighted by Crippen LogP contribution is 2.32. The second-order valence-corrected chi connectivity index (χ2v) is 12.2. The Hall–Kier alpha value is -4.46. The van der Waals surface area contributed by atoms with Crippen LogP contribution in [0.2, 0.25) is 5.02 Å². The molecule has 0 fully saturated rings. The molecule has 40 heavy (non-hydrogen) atoms. The van der Waals surface area contributed by atoms with E-state index in [1.807, 2.05) is 0 Å². The molecule has 4 aromatic rings. The van der Waals surface area contributed by atoms with Crippen LogP contribution in [0, 0.1) is 10.1 Å². The number of amides is 1. The molecule has 0 saturated heterocycles. The van der Waals surface area contributed by atoms with Crippen LogP contribution in [0.4, 0.5) is 22.7 Å². The Labute approximate surface area is 235 Å². The molecule has 11 nitrogen and oxygen atoms in total. The Kier molecular flexibility index (Phi) is 8.38. The molecule has 0 radical (unpaired) electrons. The fourth-order valence-electron chi connectivity index (χ4n) is 3.63. The fourth-order valence-corrected chi connectivity index (χ4v) is 6.27. The summed E-state index contributed by atoms with van der Waals surface area (Å²) in [5, 5.41) is 14.6. The summed E-state index contributed by atoms with van der Waals surface area (Å²) in [4.78, 5) is 23.6. The predicted octanol–water partition coefficient (Wildman–Crippen LogP) is 4.88. The van der Waals surface area contributed by atoms with E-state index >= 15 is 0 Å². The molecule has 0 aromatic heterocycles. The normalized spacial score (nSPS) is 11.4. The number of carbonyl (C=O) groups excluding carboxylic acids is 1. The van der Waals surface area contributed by atoms with E-state index in [9.17, 15) is 31.7 Å². The van der Waals surface area contributed by atoms with Crippen molar-refractivity contribution in [2.24, 2.45) is 0 Å². The lowest BCUT2D eigenvalue weighted by Gasteiger charge is -2.23. The quantitative estimate of drug-likeness (QED) is 0.194. The van der Waals surface area contributed by atoms with Gasteiger partial charge in [-0.3, -0.25) is 19.6 Å². The molecule has 0 unspecified atom stereocenters. The number of nitrogens with zero attached hydrogens (tertiary/aromatic N) is 2. The van der Waals surface area contributed by atoms with Crippen molar-refractivity contribution in [2.45, 2.75) is 9.79 Å². The summed E-state index contributed by atoms with van der Waals surface area (Å²) in [7, 11) is -8.33. The molecule has 2 N–H and O–H groups in total. The molecule has 0 saturated carbocycles. The molecule has 0 aliphatic carbocycles. The molecule has 0 aliphatic heterocycles. The van der Waals surface area contributed by atoms with Gasteiger partial charge in [0.2, 0.25) is 5.91 Å². The number of hydrogen-bond donors (Lipinski definition) is 2. The van der Waals surface area contributed by atoms with Gasteiger partial charge in [-0.1, -0.05) is 41.9 Å². The zero-order valence-electron chi connectivity index (χ0n) is 20.5. The van der Waals surface area contributed by atoms with Crippen LogP contribution < -0.4 is 14.3 Å². The summed E-state index contributed by atoms with van der Waals surface area (Å²) in [6.07, 6.45) is 0. The standard InChI is InChI=1S/C26H21ClN4O7S2/c27-19-10-12-21(13-11-19)29-39(35,36)22-16-14-20(15-17-22)28-26(32)18-30(24-8-4-5-9-25(24)31(33)34)40(37,38)23-6-2-1-3-7-23/h1-17,29H,18H2,(H,28,32). The van der Waals surface area contributed by atoms with E-state index in [0.717, 1.165) is 6.07 Å². The van der Waals surface area contributed by atoms with Crippen molar-refractivity contribution in [3.05, 3.63) is 118 Å². The molecule has 14 heteroatoms. The van der Waals surface area contributed by atoms with Crippen molar-refractivity contribution in [1.29, 1.82) is 0 Å². The third kappa shape index (κ3) is 6.57. The highest BCUT2D eigenvalue weighted by Gasteiger charge is 2.32. The SMILES string of the molecule is O=C(CN(c1ccccc1[N+](=O)[O-])S(=O)(=O)c1ccccc1)Nc1ccc(S(=O)(=O)Nc2ccc(Cl)cc2)cc1. The number of rotatable bonds is 10. The third-order valence-electron chi connectivity index (χ3n) is 5.51. The highest BCUT2D eigenvalue weighted by atomic mass is 35.5. The lowest BCUT2D eigenvalue weighted by atomic mass is 10.2. The minimum atomic E-state index is -4.38. The number of nitrogens with one attached hydrogen (secondary N) is 2. The van der Waals surface area contributed by atoms with Crippen LogP contribution in [0.15, 0.2) is 113 Å². The van der Waals surface area contributed by atoms with Crippen LogP contribution in [-0.4, -0.2) is 34.2 Å². The third-order valence-corrected chi connectivity index (χ3v) is 8.93. The van der Waals surface area contributed by atoms with Gasteiger partial charge >= 0.3 is 0 Å². The van der Waals surface area contributed by atoms with E-state index in [1.165, 1.54) is 91.0 Å². The maximum atomic E-state index is 13.5. The maximum Gasteiger partial charge on any atom is 0.293 e. The number of hydrogen-bond acceptors (Lipinski definition) is 7. The largest absolute Gasteiger partial charge is 0.325 e. The van der Waals surface area contributed by atoms with Crippen LogP contribution in [0.3, 0.4) is 0 Å². The molecule has 1 amide bonds. The summed E-state index contributed by atoms with van der Waals surface area (Å²) in [6.45, 7) is -0.791. The molecule has 206 valence electrons. The molecule has 0 aliphatic rings. The van der Waals surface area contributed by atoms with Crippen molar-refractivity contribution >= 4 is 60.3 Å². The van der Waals surface area contributed by atoms with Crippen molar-refractivity contribution in [3.63, 3.8) is 0 Å². The van der Waals surface area contributed by atoms with Crippen LogP contribution in [0.25, 0.3) is 0 Å². The van der Waals surface area contributed by atoms with Gasteiger partial charge in [-0.2, -0.15) is 0 Å². The second kappa shape index (κ2) is 11.7. The number of anilines is 3. The monoisotopic (exact) mass is 600 g/mol. The van der Waals surface area contributed by atoms with Gasteiger partial charge in [0.25, 0.3) is 25.7 Å². The Morgan fingerprint density at radius 2 is 1.35 bits per heavy atom. The van der Waals surface area contributed by atoms with E-state index in [2.05, 4.69) is 10.0 Å². The molecule has 0 spiro atoms. The minimum Gasteiger partial charge on any atom is -0.325 e. The number of sulfonamides is 2. The highest BCUT2D eigenvalue weighted by molar-refractivity contribution is 7.93. The maximum absolute atomic E-state index is 13.5. The predicted molar refractivity (Wildman–Crippen MR) is 151 cm³/mol. The zero-order valence-corrected chi connectivity index (χ0v) is 22.9. The first kappa shape index (κ1) is 28.5. The van der Waals surface area contributed by atoms with Gasteiger partial charge in [0, 0.05) is 22.5 Å². The first-order valence-corrected chi connectivity index (χ1v) is 14.8. The zero-order chi connectivity index (χ0) is 28.9. The number of nitro benzene ring substituents is 1. The number of carbonyl (C=O) groups is 1. The topological polar surface area (TPSA) is 156 Å². The Morgan fingerprint density at radius 1 is 0.775 bits per heavy atom. The van der Waals surface area contributed by atoms with Crippen LogP contribution >= 0.6 is 11.6 Å². The van der Waals surface area contributed by atoms with E-state index in [1.54, 1.807) is 6.07 Å². The van der Waals surface area contributed by atoms with Crippen molar-refractivity contribution in [1.82, 2.24) is 0 Å². The molecular formula is C26H21ClN4O7S2. The van der Waals surface area contributed by atoms with E-state index in [0.29, 0.717) is 15.0 Å². The van der Waals surface area contributed by atoms with Crippen molar-refractivity contribution < 1.29 is 26.6 Å². The summed E-state index contributed by atoms with van der Waals surface area (Å²) >= 11 is 5.82. The molecule has 0 atom stereocenters. The molecule has 0 heterocycles. The summed E-state index contributed by atoms with van der Waals surface area (Å²) in [5.74, 6) is -0.812. The van der Waals surface area contributed by atoms with E-state index < -0.39 is 43.1 Å². The average Bonchev–Trinajstić information content (AvgIpc) is 2.93. The molecule has 4 aromatic carbocycles. The summed E-state index contributed by atoms with van der Waals surface area (Å²) < 4.78 is 55.4. The van der Waals surface area contributed by atoms with Crippen molar-refractivity contribution in [2.75, 3.05) is 20.9 Å². The molecule has 4 rings (SSSR count). The lowest BCUT2D eigenvalue weighted by molar-refractivity contribution is -0.384. The smallest absolute Gasteiger partial charge is 0.293 e. The first-order chi connectivity index (χ1) is 19.0. The molecular weight excluding hydrogens is 580 g/mol. The first-order valence-electron chi connectivity index (χ1n) is 11.5. The molecule has 0 bridgehead atoms. The van der Waals surface area contributed by atoms with E-state index in [4.69, 9.17) is 11.6 Å². The van der Waals surface area contributed by atoms with Gasteiger partial charge in [0.1, 0.15) is 12.2 Å². The van der Waals surface area contributed by atoms with E-state index in [-0.39, 0.29) is 21.2 Å². The average molecular weight is 601 g/mol. The van der Waals surface area contributed by atoms with Gasteiger partial charge in [-0.05, 0) is 66.7 Å². The van der Waals surface area contributed by atoms with Crippen molar-refractivity contribution in [3.8, 4) is 0 Å². The van der Waals surface area contributed by atoms with Crippen LogP contribution in [-0.2, 0) is 24.8 Å². The minimum absolute atomic E-state index is 0.0892. The summed E-state index contributed by atoms with van der Waals surface area (Å²) in [5.41, 5.74) is -0.315. The van der Waals surface area contributed by atoms with Gasteiger partial charge in [-0.15, -0.1) is 0 Å². The Balaban J connectivity index is 1.57. The lowest BCUT2D eigenvalue weighted by Crippen LogP contribution is -2.38. The summed E-state index contributed by atoms with van der Waals surface area (Å²) in [6, 6.07) is 23.6. The fraction of sp³-hybridized carbons (Fsp3) is 0.0385. The number of para-hydroxylation sites is 2. The van der Waals surface area contributed by atoms with Gasteiger partial charge in [0.05, 0.1) is 14.7 Å². The number of halogens is 1. The number of nitro groups is 1. The van der Waals surface area contributed by atoms with Gasteiger partial charge in [-0.25, -0.2) is 21.1 Å². The van der Waals surface area contributed by atoms with Crippen LogP contribution in [0.5, 0.6) is 0 Å². The Morgan fingerprint density at radius 3 is 1.98 bits per heavy atom.